The number of aromatic nitrogens is 2. The molecule has 1 aromatic carbocycles. The van der Waals surface area contributed by atoms with Crippen LogP contribution in [0, 0.1) is 13.8 Å². The molecule has 0 unspecified atom stereocenters. The summed E-state index contributed by atoms with van der Waals surface area (Å²) in [6, 6.07) is 10.2. The predicted molar refractivity (Wildman–Crippen MR) is 93.7 cm³/mol. The first-order valence-electron chi connectivity index (χ1n) is 8.07. The Balaban J connectivity index is 1.71. The number of rotatable bonds is 3. The number of hydrogen-bond acceptors (Lipinski definition) is 6. The van der Waals surface area contributed by atoms with Crippen molar-refractivity contribution in [1.29, 1.82) is 0 Å². The molecule has 1 aliphatic rings. The topological polar surface area (TPSA) is 58.6 Å². The molecular formula is C18H22N4O2. The van der Waals surface area contributed by atoms with Crippen molar-refractivity contribution in [1.82, 2.24) is 9.97 Å². The van der Waals surface area contributed by atoms with Crippen molar-refractivity contribution in [2.45, 2.75) is 13.8 Å². The molecule has 2 aromatic rings. The van der Waals surface area contributed by atoms with Gasteiger partial charge in [0.2, 0.25) is 5.95 Å². The Morgan fingerprint density at radius 3 is 2.25 bits per heavy atom. The lowest BCUT2D eigenvalue weighted by Crippen LogP contribution is -2.47. The van der Waals surface area contributed by atoms with Crippen molar-refractivity contribution in [3.8, 4) is 0 Å². The number of benzene rings is 1. The summed E-state index contributed by atoms with van der Waals surface area (Å²) in [6.45, 7) is 7.38. The van der Waals surface area contributed by atoms with Gasteiger partial charge in [-0.25, -0.2) is 14.8 Å². The zero-order valence-corrected chi connectivity index (χ0v) is 14.3. The zero-order valence-electron chi connectivity index (χ0n) is 14.3. The first-order valence-corrected chi connectivity index (χ1v) is 8.07. The fourth-order valence-corrected chi connectivity index (χ4v) is 2.82. The van der Waals surface area contributed by atoms with Crippen LogP contribution in [0.2, 0.25) is 0 Å². The Morgan fingerprint density at radius 2 is 1.62 bits per heavy atom. The molecule has 0 atom stereocenters. The molecule has 3 rings (SSSR count). The highest BCUT2D eigenvalue weighted by Crippen LogP contribution is 2.19. The lowest BCUT2D eigenvalue weighted by molar-refractivity contribution is 0.0593. The van der Waals surface area contributed by atoms with E-state index in [1.165, 1.54) is 18.4 Å². The average Bonchev–Trinajstić information content (AvgIpc) is 2.61. The number of anilines is 2. The first kappa shape index (κ1) is 16.2. The maximum absolute atomic E-state index is 11.7. The van der Waals surface area contributed by atoms with Crippen LogP contribution in [-0.4, -0.2) is 49.2 Å². The Kier molecular flexibility index (Phi) is 4.64. The van der Waals surface area contributed by atoms with Gasteiger partial charge in [-0.1, -0.05) is 17.7 Å². The van der Waals surface area contributed by atoms with Crippen LogP contribution in [0.15, 0.2) is 30.3 Å². The van der Waals surface area contributed by atoms with Crippen LogP contribution in [0.25, 0.3) is 0 Å². The van der Waals surface area contributed by atoms with Crippen LogP contribution in [0.1, 0.15) is 21.7 Å². The lowest BCUT2D eigenvalue weighted by atomic mass is 10.2. The van der Waals surface area contributed by atoms with E-state index in [4.69, 9.17) is 4.74 Å². The third-order valence-electron chi connectivity index (χ3n) is 4.20. The van der Waals surface area contributed by atoms with E-state index in [0.717, 1.165) is 31.9 Å². The van der Waals surface area contributed by atoms with E-state index in [1.807, 2.05) is 6.92 Å². The van der Waals surface area contributed by atoms with Crippen LogP contribution < -0.4 is 9.80 Å². The van der Waals surface area contributed by atoms with E-state index in [2.05, 4.69) is 51.0 Å². The molecule has 0 aliphatic carbocycles. The van der Waals surface area contributed by atoms with Gasteiger partial charge >= 0.3 is 5.97 Å². The van der Waals surface area contributed by atoms with Crippen molar-refractivity contribution in [3.05, 3.63) is 47.3 Å². The molecule has 1 aromatic heterocycles. The highest BCUT2D eigenvalue weighted by atomic mass is 16.5. The van der Waals surface area contributed by atoms with Crippen LogP contribution in [0.4, 0.5) is 11.6 Å². The standard InChI is InChI=1S/C18H22N4O2/c1-13-4-6-15(7-5-13)21-8-10-22(11-9-21)18-19-14(2)12-16(20-18)17(23)24-3/h4-7,12H,8-11H2,1-3H3. The molecule has 0 radical (unpaired) electrons. The third kappa shape index (κ3) is 3.48. The number of esters is 1. The van der Waals surface area contributed by atoms with E-state index in [0.29, 0.717) is 11.6 Å². The molecule has 0 amide bonds. The van der Waals surface area contributed by atoms with Crippen LogP contribution >= 0.6 is 0 Å². The smallest absolute Gasteiger partial charge is 0.356 e. The quantitative estimate of drug-likeness (QED) is 0.806. The fourth-order valence-electron chi connectivity index (χ4n) is 2.82. The van der Waals surface area contributed by atoms with Gasteiger partial charge in [0.15, 0.2) is 5.69 Å². The third-order valence-corrected chi connectivity index (χ3v) is 4.20. The van der Waals surface area contributed by atoms with Crippen molar-refractivity contribution in [2.75, 3.05) is 43.1 Å². The highest BCUT2D eigenvalue weighted by molar-refractivity contribution is 5.87. The molecule has 1 fully saturated rings. The molecule has 2 heterocycles. The van der Waals surface area contributed by atoms with Crippen molar-refractivity contribution < 1.29 is 9.53 Å². The molecule has 24 heavy (non-hydrogen) atoms. The second-order valence-electron chi connectivity index (χ2n) is 6.00. The molecule has 0 N–H and O–H groups in total. The molecular weight excluding hydrogens is 304 g/mol. The fraction of sp³-hybridized carbons (Fsp3) is 0.389. The molecule has 1 aliphatic heterocycles. The Morgan fingerprint density at radius 1 is 1.00 bits per heavy atom. The van der Waals surface area contributed by atoms with E-state index >= 15 is 0 Å². The number of carbonyl (C=O) groups excluding carboxylic acids is 1. The SMILES string of the molecule is COC(=O)c1cc(C)nc(N2CCN(c3ccc(C)cc3)CC2)n1. The monoisotopic (exact) mass is 326 g/mol. The summed E-state index contributed by atoms with van der Waals surface area (Å²) in [4.78, 5) is 25.0. The van der Waals surface area contributed by atoms with Gasteiger partial charge in [-0.15, -0.1) is 0 Å². The first-order chi connectivity index (χ1) is 11.6. The van der Waals surface area contributed by atoms with E-state index in [-0.39, 0.29) is 0 Å². The van der Waals surface area contributed by atoms with Gasteiger partial charge in [-0.05, 0) is 32.0 Å². The largest absolute Gasteiger partial charge is 0.464 e. The van der Waals surface area contributed by atoms with E-state index in [9.17, 15) is 4.79 Å². The summed E-state index contributed by atoms with van der Waals surface area (Å²) in [5.41, 5.74) is 3.57. The minimum absolute atomic E-state index is 0.306. The summed E-state index contributed by atoms with van der Waals surface area (Å²) in [7, 11) is 1.36. The van der Waals surface area contributed by atoms with Crippen LogP contribution in [-0.2, 0) is 4.74 Å². The minimum atomic E-state index is -0.431. The molecule has 1 saturated heterocycles. The summed E-state index contributed by atoms with van der Waals surface area (Å²) < 4.78 is 4.76. The number of methoxy groups -OCH3 is 1. The summed E-state index contributed by atoms with van der Waals surface area (Å²) >= 11 is 0. The lowest BCUT2D eigenvalue weighted by Gasteiger charge is -2.36. The number of aryl methyl sites for hydroxylation is 2. The molecule has 0 saturated carbocycles. The number of nitrogens with zero attached hydrogens (tertiary/aromatic N) is 4. The molecule has 0 bridgehead atoms. The van der Waals surface area contributed by atoms with E-state index < -0.39 is 5.97 Å². The van der Waals surface area contributed by atoms with Gasteiger partial charge in [0.1, 0.15) is 0 Å². The normalized spacial score (nSPS) is 14.6. The van der Waals surface area contributed by atoms with Gasteiger partial charge in [0.05, 0.1) is 7.11 Å². The summed E-state index contributed by atoms with van der Waals surface area (Å²) in [5.74, 6) is 0.166. The van der Waals surface area contributed by atoms with Gasteiger partial charge in [0.25, 0.3) is 0 Å². The van der Waals surface area contributed by atoms with Gasteiger partial charge in [0, 0.05) is 37.6 Å². The maximum atomic E-state index is 11.7. The van der Waals surface area contributed by atoms with E-state index in [1.54, 1.807) is 6.07 Å². The highest BCUT2D eigenvalue weighted by Gasteiger charge is 2.21. The molecule has 126 valence electrons. The Bertz CT molecular complexity index is 722. The van der Waals surface area contributed by atoms with Crippen LogP contribution in [0.3, 0.4) is 0 Å². The number of hydrogen-bond donors (Lipinski definition) is 0. The molecule has 6 heteroatoms. The number of ether oxygens (including phenoxy) is 1. The minimum Gasteiger partial charge on any atom is -0.464 e. The maximum Gasteiger partial charge on any atom is 0.356 e. The van der Waals surface area contributed by atoms with Crippen molar-refractivity contribution >= 4 is 17.6 Å². The van der Waals surface area contributed by atoms with Gasteiger partial charge in [-0.3, -0.25) is 0 Å². The van der Waals surface area contributed by atoms with Crippen molar-refractivity contribution in [2.24, 2.45) is 0 Å². The Hall–Kier alpha value is -2.63. The van der Waals surface area contributed by atoms with Crippen molar-refractivity contribution in [3.63, 3.8) is 0 Å². The zero-order chi connectivity index (χ0) is 17.1. The number of carbonyl (C=O) groups is 1. The van der Waals surface area contributed by atoms with Gasteiger partial charge in [-0.2, -0.15) is 0 Å². The summed E-state index contributed by atoms with van der Waals surface area (Å²) in [5, 5.41) is 0. The summed E-state index contributed by atoms with van der Waals surface area (Å²) in [6.07, 6.45) is 0. The Labute approximate surface area is 142 Å². The number of piperazine rings is 1. The van der Waals surface area contributed by atoms with Gasteiger partial charge < -0.3 is 14.5 Å². The predicted octanol–water partition coefficient (Wildman–Crippen LogP) is 2.21. The average molecular weight is 326 g/mol. The second-order valence-corrected chi connectivity index (χ2v) is 6.00. The molecule has 6 nitrogen and oxygen atoms in total. The molecule has 0 spiro atoms. The second kappa shape index (κ2) is 6.86. The van der Waals surface area contributed by atoms with Crippen LogP contribution in [0.5, 0.6) is 0 Å².